The minimum Gasteiger partial charge on any atom is -0.351 e. The van der Waals surface area contributed by atoms with Crippen molar-refractivity contribution in [2.24, 2.45) is 7.05 Å². The zero-order valence-electron chi connectivity index (χ0n) is 15.9. The second kappa shape index (κ2) is 7.83. The van der Waals surface area contributed by atoms with Crippen molar-refractivity contribution in [3.8, 4) is 0 Å². The molecule has 1 N–H and O–H groups in total. The molecule has 1 aromatic carbocycles. The van der Waals surface area contributed by atoms with Gasteiger partial charge in [-0.25, -0.2) is 4.39 Å². The average Bonchev–Trinajstić information content (AvgIpc) is 3.12. The number of carbonyl (C=O) groups is 2. The number of nitrogens with zero attached hydrogens (tertiary/aromatic N) is 4. The Kier molecular flexibility index (Phi) is 5.07. The van der Waals surface area contributed by atoms with Gasteiger partial charge in [-0.3, -0.25) is 19.3 Å². The van der Waals surface area contributed by atoms with Gasteiger partial charge in [0, 0.05) is 62.0 Å². The van der Waals surface area contributed by atoms with E-state index in [0.29, 0.717) is 23.4 Å². The smallest absolute Gasteiger partial charge is 0.254 e. The summed E-state index contributed by atoms with van der Waals surface area (Å²) in [5, 5.41) is 7.21. The summed E-state index contributed by atoms with van der Waals surface area (Å²) in [6.07, 6.45) is 4.94. The fourth-order valence-electron chi connectivity index (χ4n) is 3.53. The zero-order chi connectivity index (χ0) is 20.4. The number of hydrogen-bond acceptors (Lipinski definition) is 4. The van der Waals surface area contributed by atoms with E-state index in [9.17, 15) is 14.0 Å². The van der Waals surface area contributed by atoms with Crippen molar-refractivity contribution >= 4 is 11.8 Å². The molecule has 4 rings (SSSR count). The Morgan fingerprint density at radius 3 is 2.72 bits per heavy atom. The first kappa shape index (κ1) is 18.8. The van der Waals surface area contributed by atoms with Crippen molar-refractivity contribution in [1.82, 2.24) is 25.0 Å². The summed E-state index contributed by atoms with van der Waals surface area (Å²) in [5.41, 5.74) is 2.39. The quantitative estimate of drug-likeness (QED) is 0.735. The molecule has 0 bridgehead atoms. The number of pyridine rings is 1. The molecule has 3 heterocycles. The molecule has 0 saturated heterocycles. The Morgan fingerprint density at radius 1 is 1.21 bits per heavy atom. The van der Waals surface area contributed by atoms with Crippen LogP contribution in [0.4, 0.5) is 4.39 Å². The van der Waals surface area contributed by atoms with Crippen LogP contribution in [0.5, 0.6) is 0 Å². The van der Waals surface area contributed by atoms with Gasteiger partial charge in [-0.1, -0.05) is 18.2 Å². The Morgan fingerprint density at radius 2 is 1.97 bits per heavy atom. The van der Waals surface area contributed by atoms with Crippen molar-refractivity contribution in [2.75, 3.05) is 6.54 Å². The lowest BCUT2D eigenvalue weighted by Gasteiger charge is -2.31. The maximum Gasteiger partial charge on any atom is 0.254 e. The number of nitrogens with one attached hydrogen (secondary N) is 1. The lowest BCUT2D eigenvalue weighted by molar-refractivity contribution is -0.123. The van der Waals surface area contributed by atoms with Gasteiger partial charge in [-0.05, 0) is 18.2 Å². The minimum atomic E-state index is -0.627. The van der Waals surface area contributed by atoms with Gasteiger partial charge in [0.2, 0.25) is 5.91 Å². The van der Waals surface area contributed by atoms with E-state index < -0.39 is 5.92 Å². The second-order valence-electron chi connectivity index (χ2n) is 7.00. The topological polar surface area (TPSA) is 80.1 Å². The summed E-state index contributed by atoms with van der Waals surface area (Å²) in [7, 11) is 1.78. The summed E-state index contributed by atoms with van der Waals surface area (Å²) < 4.78 is 15.5. The number of carbonyl (C=O) groups excluding carboxylic acids is 2. The first-order valence-corrected chi connectivity index (χ1v) is 9.26. The first-order valence-electron chi connectivity index (χ1n) is 9.26. The van der Waals surface area contributed by atoms with Crippen LogP contribution >= 0.6 is 0 Å². The van der Waals surface area contributed by atoms with E-state index in [-0.39, 0.29) is 30.7 Å². The second-order valence-corrected chi connectivity index (χ2v) is 7.00. The predicted molar refractivity (Wildman–Crippen MR) is 103 cm³/mol. The number of benzene rings is 1. The molecule has 0 aliphatic carbocycles. The van der Waals surface area contributed by atoms with Gasteiger partial charge in [0.05, 0.1) is 11.6 Å². The monoisotopic (exact) mass is 393 g/mol. The maximum absolute atomic E-state index is 13.9. The normalized spacial score (nSPS) is 15.7. The molecule has 7 nitrogen and oxygen atoms in total. The van der Waals surface area contributed by atoms with E-state index in [0.717, 1.165) is 5.56 Å². The fourth-order valence-corrected chi connectivity index (χ4v) is 3.53. The third kappa shape index (κ3) is 3.87. The number of amides is 2. The standard InChI is InChI=1S/C21H20FN5O2/c1-26-11-16-12-27(21(29)14-6-8-23-9-7-14)13-17(19(16)25-26)20(28)24-10-15-4-2-3-5-18(15)22/h2-9,11,17H,10,12-13H2,1H3,(H,24,28)/t17-/m0/s1. The Balaban J connectivity index is 1.55. The van der Waals surface area contributed by atoms with Crippen LogP contribution in [-0.2, 0) is 24.9 Å². The average molecular weight is 393 g/mol. The highest BCUT2D eigenvalue weighted by Gasteiger charge is 2.35. The van der Waals surface area contributed by atoms with E-state index in [4.69, 9.17) is 0 Å². The molecule has 1 aliphatic rings. The van der Waals surface area contributed by atoms with Crippen LogP contribution in [0.1, 0.15) is 33.1 Å². The van der Waals surface area contributed by atoms with E-state index in [1.807, 2.05) is 6.20 Å². The Bertz CT molecular complexity index is 1050. The highest BCUT2D eigenvalue weighted by atomic mass is 19.1. The van der Waals surface area contributed by atoms with Crippen LogP contribution in [0, 0.1) is 5.82 Å². The predicted octanol–water partition coefficient (Wildman–Crippen LogP) is 2.01. The summed E-state index contributed by atoms with van der Waals surface area (Å²) >= 11 is 0. The molecule has 148 valence electrons. The van der Waals surface area contributed by atoms with Crippen LogP contribution < -0.4 is 5.32 Å². The molecule has 0 spiro atoms. The lowest BCUT2D eigenvalue weighted by Crippen LogP contribution is -2.43. The van der Waals surface area contributed by atoms with Crippen LogP contribution in [0.25, 0.3) is 0 Å². The van der Waals surface area contributed by atoms with Crippen LogP contribution in [-0.4, -0.2) is 38.0 Å². The van der Waals surface area contributed by atoms with Gasteiger partial charge in [0.1, 0.15) is 5.82 Å². The molecular weight excluding hydrogens is 373 g/mol. The molecular formula is C21H20FN5O2. The molecule has 0 fully saturated rings. The van der Waals surface area contributed by atoms with Crippen molar-refractivity contribution in [1.29, 1.82) is 0 Å². The number of aryl methyl sites for hydroxylation is 1. The Labute approximate surface area is 167 Å². The SMILES string of the molecule is Cn1cc2c(n1)[C@@H](C(=O)NCc1ccccc1F)CN(C(=O)c1ccncc1)C2. The number of rotatable bonds is 4. The zero-order valence-corrected chi connectivity index (χ0v) is 15.9. The summed E-state index contributed by atoms with van der Waals surface area (Å²) in [5.74, 6) is -1.46. The van der Waals surface area contributed by atoms with Crippen LogP contribution in [0.15, 0.2) is 55.0 Å². The maximum atomic E-state index is 13.9. The number of aromatic nitrogens is 3. The van der Waals surface area contributed by atoms with Gasteiger partial charge in [0.15, 0.2) is 0 Å². The van der Waals surface area contributed by atoms with E-state index >= 15 is 0 Å². The minimum absolute atomic E-state index is 0.0719. The van der Waals surface area contributed by atoms with E-state index in [1.165, 1.54) is 6.07 Å². The van der Waals surface area contributed by atoms with E-state index in [1.54, 1.807) is 59.4 Å². The first-order chi connectivity index (χ1) is 14.0. The fraction of sp³-hybridized carbons (Fsp3) is 0.238. The van der Waals surface area contributed by atoms with Gasteiger partial charge in [-0.2, -0.15) is 5.10 Å². The molecule has 0 saturated carbocycles. The Hall–Kier alpha value is -3.55. The summed E-state index contributed by atoms with van der Waals surface area (Å²) in [6, 6.07) is 9.60. The molecule has 1 aliphatic heterocycles. The van der Waals surface area contributed by atoms with Crippen LogP contribution in [0.2, 0.25) is 0 Å². The third-order valence-corrected chi connectivity index (χ3v) is 4.97. The molecule has 0 radical (unpaired) electrons. The molecule has 1 atom stereocenters. The van der Waals surface area contributed by atoms with E-state index in [2.05, 4.69) is 15.4 Å². The molecule has 3 aromatic rings. The third-order valence-electron chi connectivity index (χ3n) is 4.97. The molecule has 8 heteroatoms. The van der Waals surface area contributed by atoms with Crippen LogP contribution in [0.3, 0.4) is 0 Å². The van der Waals surface area contributed by atoms with Crippen molar-refractivity contribution < 1.29 is 14.0 Å². The van der Waals surface area contributed by atoms with Gasteiger partial charge < -0.3 is 10.2 Å². The van der Waals surface area contributed by atoms with Crippen molar-refractivity contribution in [3.63, 3.8) is 0 Å². The van der Waals surface area contributed by atoms with Gasteiger partial charge >= 0.3 is 0 Å². The largest absolute Gasteiger partial charge is 0.351 e. The number of fused-ring (bicyclic) bond motifs is 1. The molecule has 2 aromatic heterocycles. The van der Waals surface area contributed by atoms with Crippen molar-refractivity contribution in [3.05, 3.63) is 83.2 Å². The summed E-state index contributed by atoms with van der Waals surface area (Å²) in [4.78, 5) is 31.4. The van der Waals surface area contributed by atoms with Gasteiger partial charge in [-0.15, -0.1) is 0 Å². The molecule has 2 amide bonds. The highest BCUT2D eigenvalue weighted by Crippen LogP contribution is 2.28. The lowest BCUT2D eigenvalue weighted by atomic mass is 9.95. The summed E-state index contributed by atoms with van der Waals surface area (Å²) in [6.45, 7) is 0.651. The van der Waals surface area contributed by atoms with Crippen molar-refractivity contribution in [2.45, 2.75) is 19.0 Å². The molecule has 0 unspecified atom stereocenters. The number of halogens is 1. The number of hydrogen-bond donors (Lipinski definition) is 1. The van der Waals surface area contributed by atoms with Gasteiger partial charge in [0.25, 0.3) is 5.91 Å². The molecule has 29 heavy (non-hydrogen) atoms. The highest BCUT2D eigenvalue weighted by molar-refractivity contribution is 5.95.